The Morgan fingerprint density at radius 1 is 1.03 bits per heavy atom. The van der Waals surface area contributed by atoms with Crippen molar-refractivity contribution in [1.82, 2.24) is 5.32 Å². The zero-order chi connectivity index (χ0) is 25.4. The fourth-order valence-electron chi connectivity index (χ4n) is 2.32. The molecule has 1 unspecified atom stereocenters. The highest BCUT2D eigenvalue weighted by atomic mass is 32.1. The van der Waals surface area contributed by atoms with Gasteiger partial charge in [0.1, 0.15) is 5.78 Å². The number of aliphatic hydroxyl groups is 1. The van der Waals surface area contributed by atoms with Crippen molar-refractivity contribution in [3.05, 3.63) is 0 Å². The van der Waals surface area contributed by atoms with Crippen LogP contribution in [0.25, 0.3) is 0 Å². The molecule has 2 N–H and O–H groups in total. The van der Waals surface area contributed by atoms with Crippen LogP contribution in [0, 0.1) is 10.8 Å². The molecule has 0 bridgehead atoms. The Hall–Kier alpha value is -0.630. The quantitative estimate of drug-likeness (QED) is 0.190. The third kappa shape index (κ3) is 27.3. The molecule has 0 aromatic carbocycles. The maximum atomic E-state index is 11.1. The standard InChI is InChI=1S/C13H25NO3.C9H20O2S.C2H6/c1-11(16)6-12(2,3)8-17-9-13(4,5)7-14-10-15;1-5-9(4,10)11-7-6-8(2,3)12;1-2/h10H,6-9H2,1-5H3,(H,14,15);10,12H,5-7H2,1-4H3;1-2H3. The monoisotopic (exact) mass is 465 g/mol. The van der Waals surface area contributed by atoms with Crippen molar-refractivity contribution in [2.75, 3.05) is 26.4 Å². The number of ketones is 1. The topological polar surface area (TPSA) is 84.9 Å². The molecule has 0 spiro atoms. The second kappa shape index (κ2) is 16.9. The van der Waals surface area contributed by atoms with Crippen LogP contribution >= 0.6 is 12.6 Å². The molecular weight excluding hydrogens is 414 g/mol. The molecule has 0 radical (unpaired) electrons. The Labute approximate surface area is 197 Å². The first-order valence-corrected chi connectivity index (χ1v) is 11.7. The Morgan fingerprint density at radius 3 is 1.90 bits per heavy atom. The molecule has 0 aliphatic carbocycles. The van der Waals surface area contributed by atoms with E-state index in [9.17, 15) is 14.7 Å². The van der Waals surface area contributed by atoms with Crippen LogP contribution in [-0.4, -0.2) is 54.2 Å². The van der Waals surface area contributed by atoms with Crippen LogP contribution in [0.3, 0.4) is 0 Å². The maximum absolute atomic E-state index is 11.1. The predicted octanol–water partition coefficient (Wildman–Crippen LogP) is 5.03. The van der Waals surface area contributed by atoms with Gasteiger partial charge in [-0.25, -0.2) is 0 Å². The number of hydrogen-bond donors (Lipinski definition) is 3. The minimum atomic E-state index is -0.973. The molecule has 0 aliphatic rings. The Kier molecular flexibility index (Phi) is 19.1. The van der Waals surface area contributed by atoms with Gasteiger partial charge in [0.15, 0.2) is 5.79 Å². The number of nitrogens with one attached hydrogen (secondary N) is 1. The number of rotatable bonds is 14. The van der Waals surface area contributed by atoms with Crippen molar-refractivity contribution in [1.29, 1.82) is 0 Å². The molecule has 7 heteroatoms. The largest absolute Gasteiger partial charge is 0.380 e. The van der Waals surface area contributed by atoms with E-state index in [1.165, 1.54) is 0 Å². The van der Waals surface area contributed by atoms with E-state index in [0.29, 0.717) is 45.6 Å². The highest BCUT2D eigenvalue weighted by Gasteiger charge is 2.23. The first kappa shape index (κ1) is 35.0. The van der Waals surface area contributed by atoms with Crippen molar-refractivity contribution in [3.63, 3.8) is 0 Å². The van der Waals surface area contributed by atoms with Crippen LogP contribution in [0.2, 0.25) is 0 Å². The lowest BCUT2D eigenvalue weighted by Gasteiger charge is -2.28. The zero-order valence-electron chi connectivity index (χ0n) is 22.1. The van der Waals surface area contributed by atoms with Gasteiger partial charge in [0.05, 0.1) is 19.8 Å². The normalized spacial score (nSPS) is 13.7. The number of carbonyl (C=O) groups is 2. The number of hydrogen-bond acceptors (Lipinski definition) is 6. The molecule has 188 valence electrons. The third-order valence-corrected chi connectivity index (χ3v) is 4.38. The van der Waals surface area contributed by atoms with Gasteiger partial charge in [0.25, 0.3) is 0 Å². The van der Waals surface area contributed by atoms with Crippen molar-refractivity contribution >= 4 is 24.8 Å². The van der Waals surface area contributed by atoms with E-state index in [1.807, 2.05) is 62.3 Å². The summed E-state index contributed by atoms with van der Waals surface area (Å²) in [6, 6.07) is 0. The van der Waals surface area contributed by atoms with E-state index in [1.54, 1.807) is 13.8 Å². The summed E-state index contributed by atoms with van der Waals surface area (Å²) in [5.74, 6) is -0.792. The van der Waals surface area contributed by atoms with Crippen LogP contribution in [0.15, 0.2) is 0 Å². The average Bonchev–Trinajstić information content (AvgIpc) is 2.59. The fraction of sp³-hybridized carbons (Fsp3) is 0.917. The van der Waals surface area contributed by atoms with Crippen molar-refractivity contribution in [3.8, 4) is 0 Å². The van der Waals surface area contributed by atoms with Gasteiger partial charge in [-0.1, -0.05) is 62.3 Å². The van der Waals surface area contributed by atoms with Gasteiger partial charge in [-0.3, -0.25) is 4.79 Å². The molecule has 0 aliphatic heterocycles. The van der Waals surface area contributed by atoms with Gasteiger partial charge in [-0.2, -0.15) is 12.6 Å². The van der Waals surface area contributed by atoms with Crippen molar-refractivity contribution < 1.29 is 24.2 Å². The Bertz CT molecular complexity index is 471. The summed E-state index contributed by atoms with van der Waals surface area (Å²) >= 11 is 4.35. The zero-order valence-corrected chi connectivity index (χ0v) is 22.9. The Balaban J connectivity index is -0.000000492. The summed E-state index contributed by atoms with van der Waals surface area (Å²) in [5, 5.41) is 12.1. The van der Waals surface area contributed by atoms with E-state index in [-0.39, 0.29) is 21.4 Å². The van der Waals surface area contributed by atoms with Gasteiger partial charge >= 0.3 is 0 Å². The number of Topliss-reactive ketones (excluding diaryl/α,β-unsaturated/α-hetero) is 1. The average molecular weight is 466 g/mol. The van der Waals surface area contributed by atoms with Gasteiger partial charge in [0.2, 0.25) is 6.41 Å². The van der Waals surface area contributed by atoms with Gasteiger partial charge in [0, 0.05) is 23.1 Å². The fourth-order valence-corrected chi connectivity index (χ4v) is 2.41. The first-order chi connectivity index (χ1) is 14.0. The molecule has 0 aromatic rings. The highest BCUT2D eigenvalue weighted by molar-refractivity contribution is 7.81. The van der Waals surface area contributed by atoms with Crippen LogP contribution in [0.1, 0.15) is 95.4 Å². The van der Waals surface area contributed by atoms with Crippen LogP contribution in [0.5, 0.6) is 0 Å². The van der Waals surface area contributed by atoms with Gasteiger partial charge in [-0.15, -0.1) is 0 Å². The second-order valence-corrected chi connectivity index (χ2v) is 11.3. The maximum Gasteiger partial charge on any atom is 0.207 e. The van der Waals surface area contributed by atoms with Crippen LogP contribution < -0.4 is 5.32 Å². The summed E-state index contributed by atoms with van der Waals surface area (Å²) in [6.07, 6.45) is 2.67. The number of amides is 1. The minimum Gasteiger partial charge on any atom is -0.380 e. The first-order valence-electron chi connectivity index (χ1n) is 11.3. The van der Waals surface area contributed by atoms with Crippen LogP contribution in [-0.2, 0) is 19.1 Å². The summed E-state index contributed by atoms with van der Waals surface area (Å²) in [6.45, 7) is 23.6. The lowest BCUT2D eigenvalue weighted by atomic mass is 9.88. The summed E-state index contributed by atoms with van der Waals surface area (Å²) in [7, 11) is 0. The van der Waals surface area contributed by atoms with Gasteiger partial charge in [-0.05, 0) is 32.1 Å². The summed E-state index contributed by atoms with van der Waals surface area (Å²) < 4.78 is 10.9. The second-order valence-electron chi connectivity index (χ2n) is 10.1. The van der Waals surface area contributed by atoms with E-state index in [2.05, 4.69) is 17.9 Å². The van der Waals surface area contributed by atoms with Crippen LogP contribution in [0.4, 0.5) is 0 Å². The SMILES string of the molecule is CC.CC(=O)CC(C)(C)COCC(C)(C)CNC=O.CCC(C)(O)OCCC(C)(C)S. The van der Waals surface area contributed by atoms with E-state index in [4.69, 9.17) is 9.47 Å². The number of thiol groups is 1. The highest BCUT2D eigenvalue weighted by Crippen LogP contribution is 2.23. The molecule has 0 saturated carbocycles. The summed E-state index contributed by atoms with van der Waals surface area (Å²) in [4.78, 5) is 21.3. The number of ether oxygens (including phenoxy) is 2. The molecule has 0 fully saturated rings. The molecule has 0 aromatic heterocycles. The molecule has 0 heterocycles. The van der Waals surface area contributed by atoms with E-state index < -0.39 is 5.79 Å². The van der Waals surface area contributed by atoms with E-state index in [0.717, 1.165) is 6.42 Å². The number of carbonyl (C=O) groups excluding carboxylic acids is 2. The van der Waals surface area contributed by atoms with E-state index >= 15 is 0 Å². The molecule has 6 nitrogen and oxygen atoms in total. The molecule has 0 rings (SSSR count). The molecule has 1 atom stereocenters. The Morgan fingerprint density at radius 2 is 1.52 bits per heavy atom. The van der Waals surface area contributed by atoms with Gasteiger partial charge < -0.3 is 24.7 Å². The lowest BCUT2D eigenvalue weighted by Crippen LogP contribution is -2.34. The smallest absolute Gasteiger partial charge is 0.207 e. The lowest BCUT2D eigenvalue weighted by molar-refractivity contribution is -0.192. The van der Waals surface area contributed by atoms with Crippen molar-refractivity contribution in [2.45, 2.75) is 106 Å². The minimum absolute atomic E-state index is 0.0240. The molecule has 31 heavy (non-hydrogen) atoms. The van der Waals surface area contributed by atoms with Crippen molar-refractivity contribution in [2.24, 2.45) is 10.8 Å². The molecule has 1 amide bonds. The predicted molar refractivity (Wildman–Crippen MR) is 134 cm³/mol. The molecular formula is C24H51NO5S. The molecule has 0 saturated heterocycles. The third-order valence-electron chi connectivity index (χ3n) is 4.16. The summed E-state index contributed by atoms with van der Waals surface area (Å²) in [5.41, 5.74) is -0.215.